The van der Waals surface area contributed by atoms with Crippen LogP contribution in [0.5, 0.6) is 0 Å². The Bertz CT molecular complexity index is 584. The van der Waals surface area contributed by atoms with Gasteiger partial charge in [-0.15, -0.1) is 0 Å². The van der Waals surface area contributed by atoms with Gasteiger partial charge in [0.15, 0.2) is 0 Å². The van der Waals surface area contributed by atoms with Crippen LogP contribution < -0.4 is 5.32 Å². The van der Waals surface area contributed by atoms with Crippen LogP contribution in [-0.2, 0) is 16.1 Å². The number of amides is 1. The Labute approximate surface area is 170 Å². The lowest BCUT2D eigenvalue weighted by Gasteiger charge is -2.26. The lowest BCUT2D eigenvalue weighted by atomic mass is 9.80. The van der Waals surface area contributed by atoms with Gasteiger partial charge in [0.2, 0.25) is 0 Å². The molecule has 0 radical (unpaired) electrons. The molecule has 0 spiro atoms. The first-order chi connectivity index (χ1) is 13.4. The van der Waals surface area contributed by atoms with E-state index in [0.717, 1.165) is 25.6 Å². The van der Waals surface area contributed by atoms with E-state index in [9.17, 15) is 4.79 Å². The van der Waals surface area contributed by atoms with E-state index in [4.69, 9.17) is 9.47 Å². The minimum Gasteiger partial charge on any atom is -0.444 e. The predicted molar refractivity (Wildman–Crippen MR) is 114 cm³/mol. The zero-order chi connectivity index (χ0) is 20.2. The van der Waals surface area contributed by atoms with Gasteiger partial charge < -0.3 is 14.8 Å². The third kappa shape index (κ3) is 9.93. The van der Waals surface area contributed by atoms with Crippen LogP contribution >= 0.6 is 0 Å². The molecule has 2 rings (SSSR count). The van der Waals surface area contributed by atoms with Crippen molar-refractivity contribution in [1.82, 2.24) is 5.32 Å². The van der Waals surface area contributed by atoms with E-state index in [2.05, 4.69) is 41.7 Å². The molecule has 1 N–H and O–H groups in total. The third-order valence-corrected chi connectivity index (χ3v) is 5.06. The Balaban J connectivity index is 1.50. The maximum absolute atomic E-state index is 11.6. The second kappa shape index (κ2) is 11.9. The fraction of sp³-hybridized carbons (Fsp3) is 0.625. The summed E-state index contributed by atoms with van der Waals surface area (Å²) in [7, 11) is 0. The van der Waals surface area contributed by atoms with Gasteiger partial charge in [0.1, 0.15) is 5.60 Å². The number of rotatable bonds is 9. The molecule has 1 amide bonds. The van der Waals surface area contributed by atoms with E-state index in [1.54, 1.807) is 0 Å². The second-order valence-electron chi connectivity index (χ2n) is 8.75. The van der Waals surface area contributed by atoms with Gasteiger partial charge in [-0.05, 0) is 76.7 Å². The molecule has 0 saturated heterocycles. The van der Waals surface area contributed by atoms with Crippen LogP contribution in [0.15, 0.2) is 42.5 Å². The average Bonchev–Trinajstić information content (AvgIpc) is 2.65. The van der Waals surface area contributed by atoms with E-state index < -0.39 is 5.60 Å². The molecule has 1 aliphatic rings. The number of alkyl carbamates (subject to hydrolysis) is 1. The number of carbonyl (C=O) groups is 1. The standard InChI is InChI=1S/C24H37NO3/c1-24(2,3)28-23(26)25-17-8-7-9-20-12-14-21(15-13-20)16-18-27-19-22-10-5-4-6-11-22/h4-7,9-11,20-21H,8,12-19H2,1-3H3,(H,25,26). The van der Waals surface area contributed by atoms with E-state index in [1.165, 1.54) is 37.7 Å². The smallest absolute Gasteiger partial charge is 0.407 e. The summed E-state index contributed by atoms with van der Waals surface area (Å²) in [6, 6.07) is 10.4. The highest BCUT2D eigenvalue weighted by molar-refractivity contribution is 5.67. The summed E-state index contributed by atoms with van der Waals surface area (Å²) in [6.45, 7) is 7.82. The molecule has 4 heteroatoms. The molecule has 0 heterocycles. The second-order valence-corrected chi connectivity index (χ2v) is 8.75. The highest BCUT2D eigenvalue weighted by atomic mass is 16.6. The zero-order valence-electron chi connectivity index (χ0n) is 17.8. The van der Waals surface area contributed by atoms with Crippen LogP contribution in [0, 0.1) is 11.8 Å². The van der Waals surface area contributed by atoms with Crippen molar-refractivity contribution < 1.29 is 14.3 Å². The Morgan fingerprint density at radius 2 is 1.86 bits per heavy atom. The van der Waals surface area contributed by atoms with E-state index in [1.807, 2.05) is 26.8 Å². The van der Waals surface area contributed by atoms with Crippen molar-refractivity contribution in [3.63, 3.8) is 0 Å². The number of hydrogen-bond acceptors (Lipinski definition) is 3. The van der Waals surface area contributed by atoms with Gasteiger partial charge in [0, 0.05) is 13.2 Å². The minimum atomic E-state index is -0.439. The number of hydrogen-bond donors (Lipinski definition) is 1. The maximum atomic E-state index is 11.6. The molecule has 0 unspecified atom stereocenters. The molecule has 1 aromatic carbocycles. The maximum Gasteiger partial charge on any atom is 0.407 e. The van der Waals surface area contributed by atoms with Crippen molar-refractivity contribution in [2.75, 3.05) is 13.2 Å². The first-order valence-electron chi connectivity index (χ1n) is 10.7. The van der Waals surface area contributed by atoms with Gasteiger partial charge in [0.25, 0.3) is 0 Å². The van der Waals surface area contributed by atoms with Crippen LogP contribution in [-0.4, -0.2) is 24.8 Å². The molecule has 1 saturated carbocycles. The Hall–Kier alpha value is -1.81. The minimum absolute atomic E-state index is 0.337. The van der Waals surface area contributed by atoms with Crippen molar-refractivity contribution >= 4 is 6.09 Å². The van der Waals surface area contributed by atoms with E-state index in [-0.39, 0.29) is 6.09 Å². The number of benzene rings is 1. The molecule has 1 aromatic rings. The van der Waals surface area contributed by atoms with Crippen molar-refractivity contribution in [2.24, 2.45) is 11.8 Å². The first-order valence-corrected chi connectivity index (χ1v) is 10.7. The monoisotopic (exact) mass is 387 g/mol. The van der Waals surface area contributed by atoms with Gasteiger partial charge in [-0.1, -0.05) is 42.5 Å². The lowest BCUT2D eigenvalue weighted by Crippen LogP contribution is -2.32. The van der Waals surface area contributed by atoms with Crippen molar-refractivity contribution in [1.29, 1.82) is 0 Å². The van der Waals surface area contributed by atoms with Gasteiger partial charge >= 0.3 is 6.09 Å². The number of allylic oxidation sites excluding steroid dienone is 1. The summed E-state index contributed by atoms with van der Waals surface area (Å²) in [4.78, 5) is 11.6. The molecule has 28 heavy (non-hydrogen) atoms. The van der Waals surface area contributed by atoms with Gasteiger partial charge in [-0.2, -0.15) is 0 Å². The average molecular weight is 388 g/mol. The van der Waals surface area contributed by atoms with Gasteiger partial charge in [0.05, 0.1) is 6.61 Å². The predicted octanol–water partition coefficient (Wildman–Crippen LogP) is 5.87. The molecule has 4 nitrogen and oxygen atoms in total. The summed E-state index contributed by atoms with van der Waals surface area (Å²) >= 11 is 0. The summed E-state index contributed by atoms with van der Waals surface area (Å²) in [5.41, 5.74) is 0.808. The third-order valence-electron chi connectivity index (χ3n) is 5.06. The number of carbonyl (C=O) groups excluding carboxylic acids is 1. The molecule has 0 atom stereocenters. The van der Waals surface area contributed by atoms with Crippen LogP contribution in [0.1, 0.15) is 64.9 Å². The van der Waals surface area contributed by atoms with Crippen LogP contribution in [0.2, 0.25) is 0 Å². The Morgan fingerprint density at radius 3 is 2.54 bits per heavy atom. The largest absolute Gasteiger partial charge is 0.444 e. The Morgan fingerprint density at radius 1 is 1.14 bits per heavy atom. The fourth-order valence-corrected chi connectivity index (χ4v) is 3.54. The zero-order valence-corrected chi connectivity index (χ0v) is 17.8. The molecule has 0 aliphatic heterocycles. The van der Waals surface area contributed by atoms with Gasteiger partial charge in [-0.25, -0.2) is 4.79 Å². The SMILES string of the molecule is CC(C)(C)OC(=O)NCCC=CC1CCC(CCOCc2ccccc2)CC1. The van der Waals surface area contributed by atoms with Gasteiger partial charge in [-0.3, -0.25) is 0 Å². The highest BCUT2D eigenvalue weighted by Gasteiger charge is 2.19. The number of ether oxygens (including phenoxy) is 2. The summed E-state index contributed by atoms with van der Waals surface area (Å²) in [6.07, 6.45) is 11.3. The quantitative estimate of drug-likeness (QED) is 0.426. The molecule has 1 fully saturated rings. The first kappa shape index (κ1) is 22.5. The Kier molecular flexibility index (Phi) is 9.56. The molecular weight excluding hydrogens is 350 g/mol. The topological polar surface area (TPSA) is 47.6 Å². The molecule has 0 bridgehead atoms. The van der Waals surface area contributed by atoms with Crippen molar-refractivity contribution in [2.45, 2.75) is 71.5 Å². The normalized spacial score (nSPS) is 20.2. The van der Waals surface area contributed by atoms with E-state index >= 15 is 0 Å². The fourth-order valence-electron chi connectivity index (χ4n) is 3.54. The summed E-state index contributed by atoms with van der Waals surface area (Å²) in [5.74, 6) is 1.48. The highest BCUT2D eigenvalue weighted by Crippen LogP contribution is 2.31. The van der Waals surface area contributed by atoms with Crippen LogP contribution in [0.3, 0.4) is 0 Å². The summed E-state index contributed by atoms with van der Waals surface area (Å²) in [5, 5.41) is 2.80. The van der Waals surface area contributed by atoms with Crippen LogP contribution in [0.25, 0.3) is 0 Å². The molecule has 156 valence electrons. The number of nitrogens with one attached hydrogen (secondary N) is 1. The van der Waals surface area contributed by atoms with Crippen molar-refractivity contribution in [3.05, 3.63) is 48.0 Å². The molecular formula is C24H37NO3. The van der Waals surface area contributed by atoms with Crippen molar-refractivity contribution in [3.8, 4) is 0 Å². The molecule has 0 aromatic heterocycles. The molecule has 1 aliphatic carbocycles. The lowest BCUT2D eigenvalue weighted by molar-refractivity contribution is 0.0529. The summed E-state index contributed by atoms with van der Waals surface area (Å²) < 4.78 is 11.1. The van der Waals surface area contributed by atoms with E-state index in [0.29, 0.717) is 12.5 Å². The van der Waals surface area contributed by atoms with Crippen LogP contribution in [0.4, 0.5) is 4.79 Å².